The summed E-state index contributed by atoms with van der Waals surface area (Å²) in [5, 5.41) is 13.5. The van der Waals surface area contributed by atoms with Crippen LogP contribution in [0.25, 0.3) is 0 Å². The van der Waals surface area contributed by atoms with Crippen molar-refractivity contribution in [3.05, 3.63) is 47.7 Å². The van der Waals surface area contributed by atoms with Crippen LogP contribution in [0.4, 0.5) is 0 Å². The molecule has 0 atom stereocenters. The molecule has 26 heavy (non-hydrogen) atoms. The first-order chi connectivity index (χ1) is 12.5. The van der Waals surface area contributed by atoms with Crippen molar-refractivity contribution in [2.45, 2.75) is 26.7 Å². The predicted octanol–water partition coefficient (Wildman–Crippen LogP) is 2.67. The van der Waals surface area contributed by atoms with Gasteiger partial charge in [-0.1, -0.05) is 43.7 Å². The molecular weight excluding hydrogens is 330 g/mol. The minimum absolute atomic E-state index is 0.172. The van der Waals surface area contributed by atoms with E-state index < -0.39 is 5.97 Å². The van der Waals surface area contributed by atoms with Gasteiger partial charge in [0.1, 0.15) is 6.07 Å². The minimum atomic E-state index is -0.698. The number of guanidine groups is 1. The largest absolute Gasteiger partial charge is 0.462 e. The maximum atomic E-state index is 11.6. The number of hydrogen-bond donors (Lipinski definition) is 1. The van der Waals surface area contributed by atoms with Gasteiger partial charge >= 0.3 is 5.97 Å². The van der Waals surface area contributed by atoms with Gasteiger partial charge in [0.05, 0.1) is 18.5 Å². The van der Waals surface area contributed by atoms with E-state index >= 15 is 0 Å². The van der Waals surface area contributed by atoms with Crippen LogP contribution in [0.1, 0.15) is 32.3 Å². The van der Waals surface area contributed by atoms with Crippen molar-refractivity contribution in [2.24, 2.45) is 10.1 Å². The quantitative estimate of drug-likeness (QED) is 0.203. The molecule has 0 fully saturated rings. The van der Waals surface area contributed by atoms with E-state index in [9.17, 15) is 4.79 Å². The average Bonchev–Trinajstić information content (AvgIpc) is 2.64. The number of hydrazone groups is 1. The Morgan fingerprint density at radius 3 is 2.54 bits per heavy atom. The maximum absolute atomic E-state index is 11.6. The molecule has 1 aromatic rings. The molecule has 0 aliphatic rings. The Hall–Kier alpha value is -3.14. The highest BCUT2D eigenvalue weighted by Crippen LogP contribution is 2.06. The zero-order valence-electron chi connectivity index (χ0n) is 15.7. The molecule has 1 aromatic carbocycles. The van der Waals surface area contributed by atoms with Gasteiger partial charge in [0.2, 0.25) is 5.96 Å². The molecule has 0 aromatic heterocycles. The summed E-state index contributed by atoms with van der Waals surface area (Å²) in [4.78, 5) is 17.5. The predicted molar refractivity (Wildman–Crippen MR) is 102 cm³/mol. The zero-order valence-corrected chi connectivity index (χ0v) is 15.7. The summed E-state index contributed by atoms with van der Waals surface area (Å²) in [6.45, 7) is 3.96. The fraction of sp³-hybridized carbons (Fsp3) is 0.368. The molecule has 0 aliphatic heterocycles. The van der Waals surface area contributed by atoms with Crippen molar-refractivity contribution in [1.29, 1.82) is 5.26 Å². The lowest BCUT2D eigenvalue weighted by Crippen LogP contribution is -2.33. The number of aliphatic imine (C=N–C) groups is 1. The molecule has 7 nitrogen and oxygen atoms in total. The lowest BCUT2D eigenvalue weighted by Gasteiger charge is -2.15. The van der Waals surface area contributed by atoms with Gasteiger partial charge in [0.15, 0.2) is 5.57 Å². The number of nitrogens with zero attached hydrogens (tertiary/aromatic N) is 4. The molecule has 0 bridgehead atoms. The standard InChI is InChI=1S/C19H25N5O2/c1-5-10-17(15-11-8-7-9-12-15)22-23-19(24(3)4)21-14-16(13-20)18(25)26-6-2/h7-9,11-12,14H,5-6,10H2,1-4H3,(H,21,23)/b16-14+,22-17+. The van der Waals surface area contributed by atoms with Crippen LogP contribution in [0, 0.1) is 11.3 Å². The van der Waals surface area contributed by atoms with Crippen LogP contribution in [-0.2, 0) is 9.53 Å². The number of benzene rings is 1. The van der Waals surface area contributed by atoms with Crippen LogP contribution in [0.2, 0.25) is 0 Å². The van der Waals surface area contributed by atoms with Crippen molar-refractivity contribution >= 4 is 17.6 Å². The number of carbonyl (C=O) groups excluding carboxylic acids is 1. The second kappa shape index (κ2) is 11.4. The van der Waals surface area contributed by atoms with Gasteiger partial charge in [-0.2, -0.15) is 10.4 Å². The van der Waals surface area contributed by atoms with Crippen LogP contribution in [0.5, 0.6) is 0 Å². The second-order valence-corrected chi connectivity index (χ2v) is 5.51. The maximum Gasteiger partial charge on any atom is 0.350 e. The summed E-state index contributed by atoms with van der Waals surface area (Å²) in [7, 11) is 3.57. The molecule has 0 radical (unpaired) electrons. The Bertz CT molecular complexity index is 715. The SMILES string of the molecule is CCC/C(=N\NC(=N/C=C(\C#N)C(=O)OCC)N(C)C)c1ccccc1. The van der Waals surface area contributed by atoms with Gasteiger partial charge in [0, 0.05) is 14.1 Å². The molecule has 0 spiro atoms. The van der Waals surface area contributed by atoms with Crippen LogP contribution in [-0.4, -0.2) is 43.2 Å². The van der Waals surface area contributed by atoms with Crippen molar-refractivity contribution in [1.82, 2.24) is 10.3 Å². The number of nitrogens with one attached hydrogen (secondary N) is 1. The second-order valence-electron chi connectivity index (χ2n) is 5.51. The number of carbonyl (C=O) groups is 1. The van der Waals surface area contributed by atoms with E-state index in [-0.39, 0.29) is 12.2 Å². The number of esters is 1. The number of nitriles is 1. The van der Waals surface area contributed by atoms with Gasteiger partial charge in [-0.15, -0.1) is 0 Å². The lowest BCUT2D eigenvalue weighted by atomic mass is 10.1. The molecule has 0 unspecified atom stereocenters. The van der Waals surface area contributed by atoms with Crippen molar-refractivity contribution in [3.8, 4) is 6.07 Å². The molecule has 1 N–H and O–H groups in total. The van der Waals surface area contributed by atoms with E-state index in [4.69, 9.17) is 10.00 Å². The summed E-state index contributed by atoms with van der Waals surface area (Å²) >= 11 is 0. The van der Waals surface area contributed by atoms with Crippen LogP contribution in [0.15, 0.2) is 52.2 Å². The Morgan fingerprint density at radius 1 is 1.31 bits per heavy atom. The lowest BCUT2D eigenvalue weighted by molar-refractivity contribution is -0.138. The van der Waals surface area contributed by atoms with Crippen molar-refractivity contribution in [2.75, 3.05) is 20.7 Å². The van der Waals surface area contributed by atoms with Crippen molar-refractivity contribution in [3.63, 3.8) is 0 Å². The van der Waals surface area contributed by atoms with E-state index in [0.29, 0.717) is 5.96 Å². The Kier molecular flexibility index (Phi) is 9.18. The Labute approximate surface area is 154 Å². The number of ether oxygens (including phenoxy) is 1. The third kappa shape index (κ3) is 6.77. The molecule has 7 heteroatoms. The van der Waals surface area contributed by atoms with Gasteiger partial charge in [-0.05, 0) is 18.9 Å². The first-order valence-corrected chi connectivity index (χ1v) is 8.43. The third-order valence-corrected chi connectivity index (χ3v) is 3.24. The van der Waals surface area contributed by atoms with E-state index in [1.165, 1.54) is 6.20 Å². The van der Waals surface area contributed by atoms with E-state index in [1.807, 2.05) is 30.3 Å². The average molecular weight is 355 g/mol. The molecule has 0 heterocycles. The molecule has 0 aliphatic carbocycles. The summed E-state index contributed by atoms with van der Waals surface area (Å²) in [6, 6.07) is 11.7. The molecular formula is C19H25N5O2. The highest BCUT2D eigenvalue weighted by Gasteiger charge is 2.10. The fourth-order valence-corrected chi connectivity index (χ4v) is 1.96. The van der Waals surface area contributed by atoms with E-state index in [1.54, 1.807) is 32.0 Å². The summed E-state index contributed by atoms with van der Waals surface area (Å²) in [6.07, 6.45) is 2.93. The molecule has 0 amide bonds. The van der Waals surface area contributed by atoms with E-state index in [0.717, 1.165) is 24.1 Å². The molecule has 1 rings (SSSR count). The topological polar surface area (TPSA) is 90.1 Å². The normalized spacial score (nSPS) is 12.3. The highest BCUT2D eigenvalue weighted by molar-refractivity contribution is 6.01. The van der Waals surface area contributed by atoms with Gasteiger partial charge in [0.25, 0.3) is 0 Å². The van der Waals surface area contributed by atoms with E-state index in [2.05, 4.69) is 22.4 Å². The fourth-order valence-electron chi connectivity index (χ4n) is 1.96. The third-order valence-electron chi connectivity index (χ3n) is 3.24. The van der Waals surface area contributed by atoms with Crippen LogP contribution in [0.3, 0.4) is 0 Å². The first kappa shape index (κ1) is 20.9. The monoisotopic (exact) mass is 355 g/mol. The van der Waals surface area contributed by atoms with Crippen LogP contribution < -0.4 is 5.43 Å². The number of hydrogen-bond acceptors (Lipinski definition) is 5. The van der Waals surface area contributed by atoms with Crippen molar-refractivity contribution < 1.29 is 9.53 Å². The summed E-state index contributed by atoms with van der Waals surface area (Å²) in [5.74, 6) is -0.303. The van der Waals surface area contributed by atoms with Gasteiger partial charge in [-0.25, -0.2) is 15.2 Å². The Balaban J connectivity index is 3.06. The number of rotatable bonds is 7. The molecule has 0 saturated carbocycles. The molecule has 0 saturated heterocycles. The van der Waals surface area contributed by atoms with Gasteiger partial charge < -0.3 is 9.64 Å². The highest BCUT2D eigenvalue weighted by atomic mass is 16.5. The summed E-state index contributed by atoms with van der Waals surface area (Å²) < 4.78 is 4.82. The minimum Gasteiger partial charge on any atom is -0.462 e. The zero-order chi connectivity index (χ0) is 19.4. The van der Waals surface area contributed by atoms with Gasteiger partial charge in [-0.3, -0.25) is 0 Å². The smallest absolute Gasteiger partial charge is 0.350 e. The Morgan fingerprint density at radius 2 is 2.00 bits per heavy atom. The summed E-state index contributed by atoms with van der Waals surface area (Å²) in [5.41, 5.74) is 4.67. The van der Waals surface area contributed by atoms with Crippen LogP contribution >= 0.6 is 0 Å². The molecule has 138 valence electrons. The first-order valence-electron chi connectivity index (χ1n) is 8.43.